The van der Waals surface area contributed by atoms with E-state index in [-0.39, 0.29) is 6.42 Å². The van der Waals surface area contributed by atoms with Crippen molar-refractivity contribution in [2.75, 3.05) is 7.11 Å². The standard InChI is InChI=1S/C10H16N2O5/c1-3-4-6(11)9(14)12-7(10(15)16)5-8(13)17-2/h3,6-7H,1,4-5,11H2,2H3,(H,12,14)(H,15,16)/t6?,7-/m0/s1. The average molecular weight is 244 g/mol. The highest BCUT2D eigenvalue weighted by molar-refractivity contribution is 5.89. The Hall–Kier alpha value is -1.89. The number of nitrogens with two attached hydrogens (primary N) is 1. The number of hydrogen-bond acceptors (Lipinski definition) is 5. The van der Waals surface area contributed by atoms with Crippen LogP contribution in [0.4, 0.5) is 0 Å². The quantitative estimate of drug-likeness (QED) is 0.391. The molecule has 0 spiro atoms. The number of rotatable bonds is 7. The van der Waals surface area contributed by atoms with Gasteiger partial charge in [-0.2, -0.15) is 0 Å². The van der Waals surface area contributed by atoms with Gasteiger partial charge in [0.05, 0.1) is 19.6 Å². The van der Waals surface area contributed by atoms with Crippen LogP contribution in [0.1, 0.15) is 12.8 Å². The molecule has 0 aliphatic carbocycles. The van der Waals surface area contributed by atoms with E-state index in [4.69, 9.17) is 10.8 Å². The molecule has 0 rings (SSSR count). The fourth-order valence-corrected chi connectivity index (χ4v) is 1.02. The fraction of sp³-hybridized carbons (Fsp3) is 0.500. The van der Waals surface area contributed by atoms with Crippen LogP contribution in [0.5, 0.6) is 0 Å². The molecule has 7 heteroatoms. The van der Waals surface area contributed by atoms with Crippen LogP contribution >= 0.6 is 0 Å². The Bertz CT molecular complexity index is 316. The monoisotopic (exact) mass is 244 g/mol. The zero-order valence-electron chi connectivity index (χ0n) is 9.51. The maximum atomic E-state index is 11.4. The first kappa shape index (κ1) is 15.1. The van der Waals surface area contributed by atoms with Gasteiger partial charge >= 0.3 is 11.9 Å². The molecule has 0 saturated carbocycles. The molecule has 0 aromatic carbocycles. The number of nitrogens with one attached hydrogen (secondary N) is 1. The zero-order valence-corrected chi connectivity index (χ0v) is 9.51. The topological polar surface area (TPSA) is 119 Å². The Morgan fingerprint density at radius 1 is 1.53 bits per heavy atom. The number of esters is 1. The van der Waals surface area contributed by atoms with Gasteiger partial charge in [-0.05, 0) is 6.42 Å². The number of methoxy groups -OCH3 is 1. The van der Waals surface area contributed by atoms with Gasteiger partial charge in [0.1, 0.15) is 6.04 Å². The number of carboxylic acids is 1. The molecule has 0 heterocycles. The summed E-state index contributed by atoms with van der Waals surface area (Å²) in [6, 6.07) is -2.22. The lowest BCUT2D eigenvalue weighted by Gasteiger charge is -2.16. The zero-order chi connectivity index (χ0) is 13.4. The summed E-state index contributed by atoms with van der Waals surface area (Å²) in [5, 5.41) is 10.9. The van der Waals surface area contributed by atoms with Crippen molar-refractivity contribution in [2.24, 2.45) is 5.73 Å². The second-order valence-electron chi connectivity index (χ2n) is 3.31. The van der Waals surface area contributed by atoms with Crippen molar-refractivity contribution in [3.8, 4) is 0 Å². The minimum absolute atomic E-state index is 0.219. The van der Waals surface area contributed by atoms with Crippen LogP contribution in [0.15, 0.2) is 12.7 Å². The molecule has 0 radical (unpaired) electrons. The van der Waals surface area contributed by atoms with E-state index >= 15 is 0 Å². The number of aliphatic carboxylic acids is 1. The average Bonchev–Trinajstić information content (AvgIpc) is 2.27. The smallest absolute Gasteiger partial charge is 0.326 e. The number of amides is 1. The van der Waals surface area contributed by atoms with Crippen LogP contribution in [-0.2, 0) is 19.1 Å². The normalized spacial score (nSPS) is 13.3. The van der Waals surface area contributed by atoms with Gasteiger partial charge in [0, 0.05) is 0 Å². The number of carbonyl (C=O) groups excluding carboxylic acids is 2. The number of carbonyl (C=O) groups is 3. The summed E-state index contributed by atoms with van der Waals surface area (Å²) >= 11 is 0. The molecular formula is C10H16N2O5. The number of carboxylic acid groups (broad SMARTS) is 1. The van der Waals surface area contributed by atoms with E-state index < -0.39 is 36.4 Å². The Kier molecular flexibility index (Phi) is 6.57. The van der Waals surface area contributed by atoms with Gasteiger partial charge in [0.15, 0.2) is 0 Å². The third kappa shape index (κ3) is 5.67. The Balaban J connectivity index is 4.44. The van der Waals surface area contributed by atoms with E-state index in [1.54, 1.807) is 0 Å². The summed E-state index contributed by atoms with van der Waals surface area (Å²) in [6.45, 7) is 3.41. The van der Waals surface area contributed by atoms with Crippen LogP contribution < -0.4 is 11.1 Å². The van der Waals surface area contributed by atoms with Gasteiger partial charge in [-0.25, -0.2) is 4.79 Å². The third-order valence-electron chi connectivity index (χ3n) is 1.97. The van der Waals surface area contributed by atoms with Gasteiger partial charge in [-0.3, -0.25) is 9.59 Å². The second kappa shape index (κ2) is 7.39. The molecule has 0 bridgehead atoms. The lowest BCUT2D eigenvalue weighted by atomic mass is 10.1. The highest BCUT2D eigenvalue weighted by Gasteiger charge is 2.25. The van der Waals surface area contributed by atoms with E-state index in [9.17, 15) is 14.4 Å². The van der Waals surface area contributed by atoms with Crippen molar-refractivity contribution in [1.82, 2.24) is 5.32 Å². The van der Waals surface area contributed by atoms with Gasteiger partial charge in [-0.15, -0.1) is 6.58 Å². The van der Waals surface area contributed by atoms with Crippen LogP contribution in [-0.4, -0.2) is 42.1 Å². The summed E-state index contributed by atoms with van der Waals surface area (Å²) < 4.78 is 4.32. The Morgan fingerprint density at radius 2 is 2.12 bits per heavy atom. The molecule has 1 amide bonds. The molecule has 0 aliphatic rings. The maximum Gasteiger partial charge on any atom is 0.326 e. The van der Waals surface area contributed by atoms with Gasteiger partial charge in [0.25, 0.3) is 0 Å². The molecule has 96 valence electrons. The summed E-state index contributed by atoms with van der Waals surface area (Å²) in [6.07, 6.45) is 1.22. The van der Waals surface area contributed by atoms with Crippen molar-refractivity contribution >= 4 is 17.8 Å². The van der Waals surface area contributed by atoms with Gasteiger partial charge in [-0.1, -0.05) is 6.08 Å². The molecule has 2 atom stereocenters. The first-order valence-corrected chi connectivity index (χ1v) is 4.88. The minimum atomic E-state index is -1.34. The van der Waals surface area contributed by atoms with Crippen LogP contribution in [0.2, 0.25) is 0 Å². The van der Waals surface area contributed by atoms with E-state index in [0.717, 1.165) is 7.11 Å². The van der Waals surface area contributed by atoms with Crippen LogP contribution in [0.25, 0.3) is 0 Å². The molecule has 17 heavy (non-hydrogen) atoms. The SMILES string of the molecule is C=CCC(N)C(=O)N[C@@H](CC(=O)OC)C(=O)O. The van der Waals surface area contributed by atoms with Gasteiger partial charge in [0.2, 0.25) is 5.91 Å². The molecule has 4 N–H and O–H groups in total. The van der Waals surface area contributed by atoms with Gasteiger partial charge < -0.3 is 20.9 Å². The first-order chi connectivity index (χ1) is 7.92. The van der Waals surface area contributed by atoms with E-state index in [0.29, 0.717) is 0 Å². The van der Waals surface area contributed by atoms with Crippen molar-refractivity contribution < 1.29 is 24.2 Å². The molecule has 0 aliphatic heterocycles. The lowest BCUT2D eigenvalue weighted by Crippen LogP contribution is -2.49. The highest BCUT2D eigenvalue weighted by Crippen LogP contribution is 1.97. The van der Waals surface area contributed by atoms with E-state index in [1.807, 2.05) is 0 Å². The second-order valence-corrected chi connectivity index (χ2v) is 3.31. The molecule has 0 fully saturated rings. The third-order valence-corrected chi connectivity index (χ3v) is 1.97. The Labute approximate surface area is 98.6 Å². The molecule has 0 aromatic heterocycles. The maximum absolute atomic E-state index is 11.4. The molecule has 1 unspecified atom stereocenters. The predicted octanol–water partition coefficient (Wildman–Crippen LogP) is -0.978. The largest absolute Gasteiger partial charge is 0.480 e. The summed E-state index contributed by atoms with van der Waals surface area (Å²) in [7, 11) is 1.13. The summed E-state index contributed by atoms with van der Waals surface area (Å²) in [4.78, 5) is 33.1. The van der Waals surface area contributed by atoms with E-state index in [1.165, 1.54) is 6.08 Å². The molecular weight excluding hydrogens is 228 g/mol. The fourth-order valence-electron chi connectivity index (χ4n) is 1.02. The highest BCUT2D eigenvalue weighted by atomic mass is 16.5. The summed E-state index contributed by atoms with van der Waals surface area (Å²) in [5.41, 5.74) is 5.45. The molecule has 7 nitrogen and oxygen atoms in total. The number of hydrogen-bond donors (Lipinski definition) is 3. The molecule has 0 saturated heterocycles. The van der Waals surface area contributed by atoms with Crippen molar-refractivity contribution in [2.45, 2.75) is 24.9 Å². The Morgan fingerprint density at radius 3 is 2.53 bits per heavy atom. The first-order valence-electron chi connectivity index (χ1n) is 4.88. The lowest BCUT2D eigenvalue weighted by molar-refractivity contribution is -0.148. The minimum Gasteiger partial charge on any atom is -0.480 e. The van der Waals surface area contributed by atoms with Crippen molar-refractivity contribution in [3.05, 3.63) is 12.7 Å². The van der Waals surface area contributed by atoms with Crippen LogP contribution in [0, 0.1) is 0 Å². The molecule has 0 aromatic rings. The van der Waals surface area contributed by atoms with Crippen molar-refractivity contribution in [3.63, 3.8) is 0 Å². The van der Waals surface area contributed by atoms with Crippen molar-refractivity contribution in [1.29, 1.82) is 0 Å². The van der Waals surface area contributed by atoms with E-state index in [2.05, 4.69) is 16.6 Å². The predicted molar refractivity (Wildman–Crippen MR) is 59.0 cm³/mol. The summed E-state index contributed by atoms with van der Waals surface area (Å²) in [5.74, 6) is -2.70. The number of ether oxygens (including phenoxy) is 1. The van der Waals surface area contributed by atoms with Crippen LogP contribution in [0.3, 0.4) is 0 Å².